The second-order valence-electron chi connectivity index (χ2n) is 3.06. The highest BCUT2D eigenvalue weighted by Crippen LogP contribution is 2.23. The molecule has 0 spiro atoms. The standard InChI is InChI=1S/C11H11NO/c1-12-8-10(13)7-11(12)9-5-3-2-4-6-9/h2-8,13H,1H3. The molecule has 0 aliphatic rings. The third kappa shape index (κ3) is 1.43. The molecular formula is C11H11NO. The molecule has 0 atom stereocenters. The molecule has 2 nitrogen and oxygen atoms in total. The van der Waals surface area contributed by atoms with Crippen LogP contribution in [0.25, 0.3) is 11.3 Å². The van der Waals surface area contributed by atoms with Gasteiger partial charge in [-0.2, -0.15) is 0 Å². The molecule has 1 aromatic heterocycles. The maximum atomic E-state index is 9.27. The lowest BCUT2D eigenvalue weighted by Crippen LogP contribution is -1.87. The Bertz CT molecular complexity index is 403. The molecule has 0 amide bonds. The molecule has 0 aliphatic heterocycles. The molecule has 0 fully saturated rings. The van der Waals surface area contributed by atoms with Gasteiger partial charge in [0.05, 0.1) is 5.69 Å². The van der Waals surface area contributed by atoms with E-state index in [2.05, 4.69) is 0 Å². The second-order valence-corrected chi connectivity index (χ2v) is 3.06. The summed E-state index contributed by atoms with van der Waals surface area (Å²) in [6, 6.07) is 11.8. The third-order valence-corrected chi connectivity index (χ3v) is 2.06. The Labute approximate surface area is 77.1 Å². The monoisotopic (exact) mass is 173 g/mol. The van der Waals surface area contributed by atoms with Gasteiger partial charge in [-0.1, -0.05) is 30.3 Å². The van der Waals surface area contributed by atoms with Crippen molar-refractivity contribution in [2.45, 2.75) is 0 Å². The van der Waals surface area contributed by atoms with Crippen molar-refractivity contribution in [1.82, 2.24) is 4.57 Å². The Morgan fingerprint density at radius 1 is 1.15 bits per heavy atom. The summed E-state index contributed by atoms with van der Waals surface area (Å²) in [5.41, 5.74) is 2.14. The van der Waals surface area contributed by atoms with Gasteiger partial charge in [0.1, 0.15) is 5.75 Å². The Hall–Kier alpha value is -1.70. The van der Waals surface area contributed by atoms with E-state index in [1.807, 2.05) is 41.9 Å². The highest BCUT2D eigenvalue weighted by atomic mass is 16.3. The summed E-state index contributed by atoms with van der Waals surface area (Å²) in [7, 11) is 1.92. The van der Waals surface area contributed by atoms with Gasteiger partial charge < -0.3 is 9.67 Å². The molecule has 0 bridgehead atoms. The number of aromatic hydroxyl groups is 1. The first kappa shape index (κ1) is 7.92. The molecule has 1 aromatic carbocycles. The molecule has 2 rings (SSSR count). The van der Waals surface area contributed by atoms with Crippen molar-refractivity contribution in [3.05, 3.63) is 42.6 Å². The minimum Gasteiger partial charge on any atom is -0.506 e. The topological polar surface area (TPSA) is 25.2 Å². The van der Waals surface area contributed by atoms with E-state index < -0.39 is 0 Å². The predicted octanol–water partition coefficient (Wildman–Crippen LogP) is 2.40. The van der Waals surface area contributed by atoms with Crippen molar-refractivity contribution >= 4 is 0 Å². The van der Waals surface area contributed by atoms with Crippen LogP contribution in [0.5, 0.6) is 5.75 Å². The van der Waals surface area contributed by atoms with E-state index in [1.165, 1.54) is 0 Å². The molecule has 1 heterocycles. The maximum Gasteiger partial charge on any atom is 0.133 e. The molecule has 0 aliphatic carbocycles. The fourth-order valence-electron chi connectivity index (χ4n) is 1.44. The molecule has 2 heteroatoms. The Kier molecular flexibility index (Phi) is 1.81. The van der Waals surface area contributed by atoms with Gasteiger partial charge in [0, 0.05) is 19.3 Å². The van der Waals surface area contributed by atoms with Crippen molar-refractivity contribution < 1.29 is 5.11 Å². The SMILES string of the molecule is Cn1cc(O)cc1-c1ccccc1. The average molecular weight is 173 g/mol. The van der Waals surface area contributed by atoms with Gasteiger partial charge in [0.15, 0.2) is 0 Å². The Morgan fingerprint density at radius 3 is 2.38 bits per heavy atom. The fraction of sp³-hybridized carbons (Fsp3) is 0.0909. The molecule has 13 heavy (non-hydrogen) atoms. The second kappa shape index (κ2) is 2.98. The van der Waals surface area contributed by atoms with Crippen LogP contribution in [0.3, 0.4) is 0 Å². The average Bonchev–Trinajstić information content (AvgIpc) is 2.47. The van der Waals surface area contributed by atoms with Crippen LogP contribution in [-0.2, 0) is 7.05 Å². The molecule has 66 valence electrons. The number of rotatable bonds is 1. The number of benzene rings is 1. The summed E-state index contributed by atoms with van der Waals surface area (Å²) < 4.78 is 1.91. The summed E-state index contributed by atoms with van der Waals surface area (Å²) in [4.78, 5) is 0. The van der Waals surface area contributed by atoms with Crippen LogP contribution in [-0.4, -0.2) is 9.67 Å². The third-order valence-electron chi connectivity index (χ3n) is 2.06. The summed E-state index contributed by atoms with van der Waals surface area (Å²) in [6.45, 7) is 0. The van der Waals surface area contributed by atoms with E-state index in [0.29, 0.717) is 5.75 Å². The smallest absolute Gasteiger partial charge is 0.133 e. The van der Waals surface area contributed by atoms with Crippen LogP contribution in [0.2, 0.25) is 0 Å². The predicted molar refractivity (Wildman–Crippen MR) is 52.5 cm³/mol. The Balaban J connectivity index is 2.53. The quantitative estimate of drug-likeness (QED) is 0.703. The van der Waals surface area contributed by atoms with Crippen molar-refractivity contribution in [3.8, 4) is 17.0 Å². The van der Waals surface area contributed by atoms with Gasteiger partial charge in [-0.25, -0.2) is 0 Å². The summed E-state index contributed by atoms with van der Waals surface area (Å²) in [5.74, 6) is 0.307. The Morgan fingerprint density at radius 2 is 1.85 bits per heavy atom. The molecular weight excluding hydrogens is 162 g/mol. The lowest BCUT2D eigenvalue weighted by atomic mass is 10.1. The van der Waals surface area contributed by atoms with E-state index >= 15 is 0 Å². The van der Waals surface area contributed by atoms with Crippen molar-refractivity contribution in [2.24, 2.45) is 7.05 Å². The zero-order valence-electron chi connectivity index (χ0n) is 7.44. The number of aromatic nitrogens is 1. The fourth-order valence-corrected chi connectivity index (χ4v) is 1.44. The molecule has 0 unspecified atom stereocenters. The number of hydrogen-bond donors (Lipinski definition) is 1. The van der Waals surface area contributed by atoms with Gasteiger partial charge in [-0.3, -0.25) is 0 Å². The largest absolute Gasteiger partial charge is 0.506 e. The molecule has 0 saturated carbocycles. The minimum absolute atomic E-state index is 0.307. The molecule has 1 N–H and O–H groups in total. The summed E-state index contributed by atoms with van der Waals surface area (Å²) in [5, 5.41) is 9.27. The molecule has 0 saturated heterocycles. The number of aryl methyl sites for hydroxylation is 1. The van der Waals surface area contributed by atoms with Crippen LogP contribution in [0, 0.1) is 0 Å². The summed E-state index contributed by atoms with van der Waals surface area (Å²) in [6.07, 6.45) is 1.70. The van der Waals surface area contributed by atoms with E-state index in [4.69, 9.17) is 0 Å². The van der Waals surface area contributed by atoms with E-state index in [0.717, 1.165) is 11.3 Å². The maximum absolute atomic E-state index is 9.27. The summed E-state index contributed by atoms with van der Waals surface area (Å²) >= 11 is 0. The number of nitrogens with zero attached hydrogens (tertiary/aromatic N) is 1. The zero-order valence-corrected chi connectivity index (χ0v) is 7.44. The highest BCUT2D eigenvalue weighted by molar-refractivity contribution is 5.61. The van der Waals surface area contributed by atoms with Crippen molar-refractivity contribution in [3.63, 3.8) is 0 Å². The van der Waals surface area contributed by atoms with Gasteiger partial charge in [0.25, 0.3) is 0 Å². The minimum atomic E-state index is 0.307. The first-order valence-corrected chi connectivity index (χ1v) is 4.18. The van der Waals surface area contributed by atoms with E-state index in [1.54, 1.807) is 12.3 Å². The van der Waals surface area contributed by atoms with Crippen LogP contribution in [0.4, 0.5) is 0 Å². The van der Waals surface area contributed by atoms with E-state index in [9.17, 15) is 5.11 Å². The van der Waals surface area contributed by atoms with Crippen molar-refractivity contribution in [2.75, 3.05) is 0 Å². The van der Waals surface area contributed by atoms with Crippen LogP contribution in [0.1, 0.15) is 0 Å². The zero-order chi connectivity index (χ0) is 9.26. The normalized spacial score (nSPS) is 10.2. The van der Waals surface area contributed by atoms with Gasteiger partial charge in [-0.15, -0.1) is 0 Å². The lowest BCUT2D eigenvalue weighted by molar-refractivity contribution is 0.474. The van der Waals surface area contributed by atoms with E-state index in [-0.39, 0.29) is 0 Å². The van der Waals surface area contributed by atoms with Gasteiger partial charge in [0.2, 0.25) is 0 Å². The van der Waals surface area contributed by atoms with Gasteiger partial charge in [-0.05, 0) is 5.56 Å². The molecule has 2 aromatic rings. The van der Waals surface area contributed by atoms with Crippen LogP contribution < -0.4 is 0 Å². The van der Waals surface area contributed by atoms with Crippen LogP contribution >= 0.6 is 0 Å². The lowest BCUT2D eigenvalue weighted by Gasteiger charge is -2.01. The van der Waals surface area contributed by atoms with Crippen molar-refractivity contribution in [1.29, 1.82) is 0 Å². The first-order valence-electron chi connectivity index (χ1n) is 4.18. The number of hydrogen-bond acceptors (Lipinski definition) is 1. The highest BCUT2D eigenvalue weighted by Gasteiger charge is 2.02. The first-order chi connectivity index (χ1) is 6.27. The van der Waals surface area contributed by atoms with Crippen LogP contribution in [0.15, 0.2) is 42.6 Å². The molecule has 0 radical (unpaired) electrons. The van der Waals surface area contributed by atoms with Gasteiger partial charge >= 0.3 is 0 Å².